The fraction of sp³-hybridized carbons (Fsp3) is 0.150. The van der Waals surface area contributed by atoms with E-state index in [2.05, 4.69) is 10.4 Å². The summed E-state index contributed by atoms with van der Waals surface area (Å²) in [6.45, 7) is 1.94. The Kier molecular flexibility index (Phi) is 5.65. The summed E-state index contributed by atoms with van der Waals surface area (Å²) in [6, 6.07) is 13.3. The lowest BCUT2D eigenvalue weighted by Gasteiger charge is -2.13. The summed E-state index contributed by atoms with van der Waals surface area (Å²) in [7, 11) is 2.85. The number of nitrogens with zero attached hydrogens (tertiary/aromatic N) is 2. The summed E-state index contributed by atoms with van der Waals surface area (Å²) in [6.07, 6.45) is 0. The lowest BCUT2D eigenvalue weighted by Crippen LogP contribution is -2.26. The van der Waals surface area contributed by atoms with Crippen LogP contribution in [0.4, 0.5) is 5.69 Å². The number of halogens is 1. The van der Waals surface area contributed by atoms with E-state index < -0.39 is 11.5 Å². The molecular formula is C20H18ClN3O4. The van der Waals surface area contributed by atoms with Crippen molar-refractivity contribution in [3.63, 3.8) is 0 Å². The van der Waals surface area contributed by atoms with Crippen molar-refractivity contribution < 1.29 is 14.3 Å². The number of ether oxygens (including phenoxy) is 2. The molecule has 0 aliphatic rings. The number of hydrogen-bond acceptors (Lipinski definition) is 5. The maximum Gasteiger partial charge on any atom is 0.280 e. The first-order valence-electron chi connectivity index (χ1n) is 8.33. The van der Waals surface area contributed by atoms with Gasteiger partial charge in [0, 0.05) is 5.02 Å². The van der Waals surface area contributed by atoms with E-state index in [4.69, 9.17) is 21.1 Å². The van der Waals surface area contributed by atoms with Gasteiger partial charge >= 0.3 is 0 Å². The molecule has 0 fully saturated rings. The Morgan fingerprint density at radius 1 is 1.04 bits per heavy atom. The zero-order chi connectivity index (χ0) is 20.3. The van der Waals surface area contributed by atoms with Gasteiger partial charge in [0.15, 0.2) is 11.4 Å². The fourth-order valence-electron chi connectivity index (χ4n) is 2.58. The molecule has 0 aliphatic carbocycles. The minimum Gasteiger partial charge on any atom is -0.495 e. The number of aromatic nitrogens is 2. The molecule has 3 rings (SSSR count). The quantitative estimate of drug-likeness (QED) is 0.710. The molecule has 0 aliphatic heterocycles. The number of nitrogens with one attached hydrogen (secondary N) is 1. The topological polar surface area (TPSA) is 82.5 Å². The average Bonchev–Trinajstić information content (AvgIpc) is 2.68. The molecule has 3 aromatic rings. The van der Waals surface area contributed by atoms with Gasteiger partial charge in [-0.15, -0.1) is 0 Å². The highest BCUT2D eigenvalue weighted by Gasteiger charge is 2.19. The second-order valence-electron chi connectivity index (χ2n) is 5.95. The summed E-state index contributed by atoms with van der Waals surface area (Å²) in [5.74, 6) is -0.0753. The monoisotopic (exact) mass is 399 g/mol. The minimum atomic E-state index is -0.571. The van der Waals surface area contributed by atoms with Crippen LogP contribution < -0.4 is 20.3 Å². The molecule has 0 bridgehead atoms. The standard InChI is InChI=1S/C20H18ClN3O4/c1-12-4-7-14(8-5-12)24-18(25)11-17(28-3)19(23-24)20(26)22-15-10-13(21)6-9-16(15)27-2/h4-11H,1-3H3,(H,22,26). The van der Waals surface area contributed by atoms with Crippen molar-refractivity contribution in [3.05, 3.63) is 75.2 Å². The molecular weight excluding hydrogens is 382 g/mol. The second-order valence-corrected chi connectivity index (χ2v) is 6.38. The number of methoxy groups -OCH3 is 2. The SMILES string of the molecule is COc1ccc(Cl)cc1NC(=O)c1nn(-c2ccc(C)cc2)c(=O)cc1OC. The number of benzene rings is 2. The first kappa shape index (κ1) is 19.4. The van der Waals surface area contributed by atoms with Gasteiger partial charge < -0.3 is 14.8 Å². The molecule has 8 heteroatoms. The fourth-order valence-corrected chi connectivity index (χ4v) is 2.76. The maximum atomic E-state index is 12.9. The van der Waals surface area contributed by atoms with Gasteiger partial charge in [-0.1, -0.05) is 29.3 Å². The summed E-state index contributed by atoms with van der Waals surface area (Å²) in [4.78, 5) is 25.3. The van der Waals surface area contributed by atoms with Crippen molar-refractivity contribution in [1.29, 1.82) is 0 Å². The van der Waals surface area contributed by atoms with Gasteiger partial charge in [0.05, 0.1) is 31.7 Å². The summed E-state index contributed by atoms with van der Waals surface area (Å²) < 4.78 is 11.6. The van der Waals surface area contributed by atoms with Crippen molar-refractivity contribution in [2.45, 2.75) is 6.92 Å². The van der Waals surface area contributed by atoms with Gasteiger partial charge in [0.25, 0.3) is 11.5 Å². The van der Waals surface area contributed by atoms with Crippen molar-refractivity contribution in [1.82, 2.24) is 9.78 Å². The molecule has 28 heavy (non-hydrogen) atoms. The number of amides is 1. The number of carbonyl (C=O) groups is 1. The number of carbonyl (C=O) groups excluding carboxylic acids is 1. The Balaban J connectivity index is 2.04. The van der Waals surface area contributed by atoms with Gasteiger partial charge in [-0.25, -0.2) is 0 Å². The zero-order valence-electron chi connectivity index (χ0n) is 15.5. The molecule has 0 atom stereocenters. The maximum absolute atomic E-state index is 12.9. The van der Waals surface area contributed by atoms with Gasteiger partial charge in [-0.2, -0.15) is 9.78 Å². The predicted molar refractivity (Wildman–Crippen MR) is 107 cm³/mol. The van der Waals surface area contributed by atoms with Crippen molar-refractivity contribution >= 4 is 23.2 Å². The van der Waals surface area contributed by atoms with Crippen molar-refractivity contribution in [3.8, 4) is 17.2 Å². The Hall–Kier alpha value is -3.32. The molecule has 1 amide bonds. The highest BCUT2D eigenvalue weighted by atomic mass is 35.5. The lowest BCUT2D eigenvalue weighted by atomic mass is 10.2. The molecule has 2 aromatic carbocycles. The van der Waals surface area contributed by atoms with E-state index in [0.29, 0.717) is 22.1 Å². The first-order valence-corrected chi connectivity index (χ1v) is 8.71. The normalized spacial score (nSPS) is 10.4. The largest absolute Gasteiger partial charge is 0.495 e. The lowest BCUT2D eigenvalue weighted by molar-refractivity contribution is 0.101. The highest BCUT2D eigenvalue weighted by Crippen LogP contribution is 2.28. The molecule has 1 N–H and O–H groups in total. The Bertz CT molecular complexity index is 1080. The van der Waals surface area contributed by atoms with Crippen LogP contribution in [0.1, 0.15) is 16.1 Å². The van der Waals surface area contributed by atoms with Gasteiger partial charge in [0.2, 0.25) is 0 Å². The van der Waals surface area contributed by atoms with Crippen LogP contribution in [0.15, 0.2) is 53.3 Å². The highest BCUT2D eigenvalue weighted by molar-refractivity contribution is 6.31. The van der Waals surface area contributed by atoms with Crippen LogP contribution >= 0.6 is 11.6 Å². The van der Waals surface area contributed by atoms with Crippen LogP contribution in [0.2, 0.25) is 5.02 Å². The Labute approximate surface area is 166 Å². The molecule has 0 radical (unpaired) electrons. The number of rotatable bonds is 5. The Morgan fingerprint density at radius 2 is 1.71 bits per heavy atom. The molecule has 0 saturated heterocycles. The van der Waals surface area contributed by atoms with Crippen LogP contribution in [0.5, 0.6) is 11.5 Å². The smallest absolute Gasteiger partial charge is 0.280 e. The van der Waals surface area contributed by atoms with Crippen LogP contribution in [0.25, 0.3) is 5.69 Å². The van der Waals surface area contributed by atoms with E-state index in [1.54, 1.807) is 30.3 Å². The first-order chi connectivity index (χ1) is 13.4. The van der Waals surface area contributed by atoms with Crippen molar-refractivity contribution in [2.24, 2.45) is 0 Å². The molecule has 7 nitrogen and oxygen atoms in total. The van der Waals surface area contributed by atoms with E-state index in [0.717, 1.165) is 10.2 Å². The van der Waals surface area contributed by atoms with Crippen molar-refractivity contribution in [2.75, 3.05) is 19.5 Å². The predicted octanol–water partition coefficient (Wildman–Crippen LogP) is 3.46. The number of aryl methyl sites for hydroxylation is 1. The van der Waals surface area contributed by atoms with Gasteiger partial charge in [-0.05, 0) is 37.3 Å². The minimum absolute atomic E-state index is 0.0512. The van der Waals surface area contributed by atoms with E-state index in [1.165, 1.54) is 20.3 Å². The molecule has 0 spiro atoms. The van der Waals surface area contributed by atoms with E-state index in [1.807, 2.05) is 19.1 Å². The molecule has 1 heterocycles. The second kappa shape index (κ2) is 8.14. The third-order valence-electron chi connectivity index (χ3n) is 4.02. The summed E-state index contributed by atoms with van der Waals surface area (Å²) in [5.41, 5.74) is 1.48. The zero-order valence-corrected chi connectivity index (χ0v) is 16.3. The molecule has 0 unspecified atom stereocenters. The average molecular weight is 400 g/mol. The summed E-state index contributed by atoms with van der Waals surface area (Å²) in [5, 5.41) is 7.34. The van der Waals surface area contributed by atoms with Gasteiger partial charge in [0.1, 0.15) is 5.75 Å². The third kappa shape index (κ3) is 3.99. The van der Waals surface area contributed by atoms with Crippen LogP contribution in [0, 0.1) is 6.92 Å². The summed E-state index contributed by atoms with van der Waals surface area (Å²) >= 11 is 6.01. The van der Waals surface area contributed by atoms with E-state index in [9.17, 15) is 9.59 Å². The Morgan fingerprint density at radius 3 is 2.36 bits per heavy atom. The van der Waals surface area contributed by atoms with Gasteiger partial charge in [-0.3, -0.25) is 9.59 Å². The van der Waals surface area contributed by atoms with Crippen LogP contribution in [0.3, 0.4) is 0 Å². The van der Waals surface area contributed by atoms with E-state index >= 15 is 0 Å². The van der Waals surface area contributed by atoms with Crippen LogP contribution in [-0.4, -0.2) is 29.9 Å². The molecule has 144 valence electrons. The molecule has 1 aromatic heterocycles. The van der Waals surface area contributed by atoms with Crippen LogP contribution in [-0.2, 0) is 0 Å². The number of hydrogen-bond donors (Lipinski definition) is 1. The van der Waals surface area contributed by atoms with E-state index in [-0.39, 0.29) is 11.4 Å². The number of anilines is 1. The third-order valence-corrected chi connectivity index (χ3v) is 4.26. The molecule has 0 saturated carbocycles.